The molecule has 26 heavy (non-hydrogen) atoms. The van der Waals surface area contributed by atoms with Gasteiger partial charge in [-0.2, -0.15) is 0 Å². The third-order valence-corrected chi connectivity index (χ3v) is 5.33. The van der Waals surface area contributed by atoms with E-state index >= 15 is 0 Å². The highest BCUT2D eigenvalue weighted by Crippen LogP contribution is 2.24. The van der Waals surface area contributed by atoms with E-state index in [4.69, 9.17) is 4.74 Å². The first-order valence-electron chi connectivity index (χ1n) is 8.78. The minimum atomic E-state index is -0.0900. The molecule has 3 aromatic carbocycles. The van der Waals surface area contributed by atoms with Crippen LogP contribution >= 0.6 is 11.8 Å². The second-order valence-electron chi connectivity index (χ2n) is 6.06. The molecule has 0 aliphatic heterocycles. The van der Waals surface area contributed by atoms with Crippen molar-refractivity contribution < 1.29 is 9.53 Å². The van der Waals surface area contributed by atoms with Crippen molar-refractivity contribution in [3.05, 3.63) is 78.4 Å². The van der Waals surface area contributed by atoms with Gasteiger partial charge in [0.25, 0.3) is 0 Å². The molecular weight excluding hydrogens is 342 g/mol. The minimum Gasteiger partial charge on any atom is -0.491 e. The van der Waals surface area contributed by atoms with Crippen molar-refractivity contribution in [2.45, 2.75) is 17.9 Å². The average molecular weight is 365 g/mol. The molecule has 0 fully saturated rings. The number of amides is 1. The first kappa shape index (κ1) is 18.3. The van der Waals surface area contributed by atoms with Crippen LogP contribution in [0, 0.1) is 0 Å². The molecule has 3 rings (SSSR count). The number of fused-ring (bicyclic) bond motifs is 1. The summed E-state index contributed by atoms with van der Waals surface area (Å²) in [5.74, 6) is 1.73. The molecule has 3 aromatic rings. The third-order valence-electron chi connectivity index (χ3n) is 4.12. The second kappa shape index (κ2) is 9.30. The molecule has 3 nitrogen and oxygen atoms in total. The van der Waals surface area contributed by atoms with Crippen LogP contribution in [0.1, 0.15) is 12.5 Å². The Kier molecular flexibility index (Phi) is 6.56. The van der Waals surface area contributed by atoms with Gasteiger partial charge >= 0.3 is 0 Å². The normalized spacial score (nSPS) is 11.9. The number of carbonyl (C=O) groups is 1. The number of ether oxygens (including phenoxy) is 1. The molecule has 0 saturated carbocycles. The molecule has 0 unspecified atom stereocenters. The van der Waals surface area contributed by atoms with Crippen molar-refractivity contribution in [1.29, 1.82) is 0 Å². The van der Waals surface area contributed by atoms with Crippen molar-refractivity contribution in [1.82, 2.24) is 5.32 Å². The molecule has 1 N–H and O–H groups in total. The highest BCUT2D eigenvalue weighted by atomic mass is 32.2. The zero-order valence-electron chi connectivity index (χ0n) is 14.9. The van der Waals surface area contributed by atoms with Gasteiger partial charge in [0, 0.05) is 11.1 Å². The quantitative estimate of drug-likeness (QED) is 0.590. The van der Waals surface area contributed by atoms with Crippen LogP contribution in [0.4, 0.5) is 0 Å². The predicted octanol–water partition coefficient (Wildman–Crippen LogP) is 4.66. The number of thioether (sulfide) groups is 1. The maximum absolute atomic E-state index is 12.2. The van der Waals surface area contributed by atoms with Crippen LogP contribution < -0.4 is 10.1 Å². The maximum Gasteiger partial charge on any atom is 0.232 e. The van der Waals surface area contributed by atoms with Crippen LogP contribution in [-0.2, 0) is 10.5 Å². The van der Waals surface area contributed by atoms with E-state index in [1.807, 2.05) is 55.5 Å². The predicted molar refractivity (Wildman–Crippen MR) is 110 cm³/mol. The lowest BCUT2D eigenvalue weighted by Crippen LogP contribution is -2.34. The van der Waals surface area contributed by atoms with Crippen LogP contribution in [-0.4, -0.2) is 24.3 Å². The second-order valence-corrected chi connectivity index (χ2v) is 7.38. The van der Waals surface area contributed by atoms with Gasteiger partial charge in [0.1, 0.15) is 12.4 Å². The highest BCUT2D eigenvalue weighted by Gasteiger charge is 2.12. The fourth-order valence-electron chi connectivity index (χ4n) is 2.67. The first-order chi connectivity index (χ1) is 12.7. The Morgan fingerprint density at radius 2 is 1.73 bits per heavy atom. The van der Waals surface area contributed by atoms with Crippen molar-refractivity contribution in [3.8, 4) is 5.75 Å². The molecule has 134 valence electrons. The molecule has 0 heterocycles. The Morgan fingerprint density at radius 1 is 1.00 bits per heavy atom. The SMILES string of the molecule is C[C@H](SCc1ccccc1)C(=O)NCCOc1cccc2ccccc12. The van der Waals surface area contributed by atoms with E-state index in [2.05, 4.69) is 29.6 Å². The van der Waals surface area contributed by atoms with Crippen molar-refractivity contribution in [3.63, 3.8) is 0 Å². The van der Waals surface area contributed by atoms with E-state index in [0.29, 0.717) is 13.2 Å². The van der Waals surface area contributed by atoms with Gasteiger partial charge < -0.3 is 10.1 Å². The van der Waals surface area contributed by atoms with Gasteiger partial charge in [-0.25, -0.2) is 0 Å². The molecule has 0 aromatic heterocycles. The lowest BCUT2D eigenvalue weighted by atomic mass is 10.1. The molecule has 0 saturated heterocycles. The molecular formula is C22H23NO2S. The molecule has 0 spiro atoms. The summed E-state index contributed by atoms with van der Waals surface area (Å²) >= 11 is 1.64. The Balaban J connectivity index is 1.42. The van der Waals surface area contributed by atoms with Crippen LogP contribution in [0.2, 0.25) is 0 Å². The van der Waals surface area contributed by atoms with E-state index in [9.17, 15) is 4.79 Å². The maximum atomic E-state index is 12.2. The summed E-state index contributed by atoms with van der Waals surface area (Å²) in [7, 11) is 0. The largest absolute Gasteiger partial charge is 0.491 e. The van der Waals surface area contributed by atoms with Crippen LogP contribution in [0.5, 0.6) is 5.75 Å². The number of carbonyl (C=O) groups excluding carboxylic acids is 1. The van der Waals surface area contributed by atoms with Gasteiger partial charge in [-0.3, -0.25) is 4.79 Å². The monoisotopic (exact) mass is 365 g/mol. The Morgan fingerprint density at radius 3 is 2.58 bits per heavy atom. The van der Waals surface area contributed by atoms with Crippen LogP contribution in [0.15, 0.2) is 72.8 Å². The summed E-state index contributed by atoms with van der Waals surface area (Å²) in [4.78, 5) is 12.2. The van der Waals surface area contributed by atoms with Crippen molar-refractivity contribution >= 4 is 28.4 Å². The molecule has 0 aliphatic rings. The van der Waals surface area contributed by atoms with E-state index in [0.717, 1.165) is 22.3 Å². The number of hydrogen-bond donors (Lipinski definition) is 1. The highest BCUT2D eigenvalue weighted by molar-refractivity contribution is 7.99. The standard InChI is InChI=1S/C22H23NO2S/c1-17(26-16-18-8-3-2-4-9-18)22(24)23-14-15-25-21-13-7-11-19-10-5-6-12-20(19)21/h2-13,17H,14-16H2,1H3,(H,23,24)/t17-/m0/s1. The van der Waals surface area contributed by atoms with Gasteiger partial charge in [-0.15, -0.1) is 11.8 Å². The zero-order chi connectivity index (χ0) is 18.2. The van der Waals surface area contributed by atoms with Crippen LogP contribution in [0.25, 0.3) is 10.8 Å². The van der Waals surface area contributed by atoms with Crippen molar-refractivity contribution in [2.24, 2.45) is 0 Å². The molecule has 1 atom stereocenters. The summed E-state index contributed by atoms with van der Waals surface area (Å²) in [6.45, 7) is 2.89. The topological polar surface area (TPSA) is 38.3 Å². The summed E-state index contributed by atoms with van der Waals surface area (Å²) in [6.07, 6.45) is 0. The Hall–Kier alpha value is -2.46. The summed E-state index contributed by atoms with van der Waals surface area (Å²) < 4.78 is 5.86. The number of hydrogen-bond acceptors (Lipinski definition) is 3. The van der Waals surface area contributed by atoms with Gasteiger partial charge in [0.2, 0.25) is 5.91 Å². The number of nitrogens with one attached hydrogen (secondary N) is 1. The Bertz CT molecular complexity index is 846. The molecule has 4 heteroatoms. The summed E-state index contributed by atoms with van der Waals surface area (Å²) in [5.41, 5.74) is 1.23. The van der Waals surface area contributed by atoms with Gasteiger partial charge in [0.05, 0.1) is 11.8 Å². The van der Waals surface area contributed by atoms with E-state index in [1.165, 1.54) is 5.56 Å². The third kappa shape index (κ3) is 5.02. The van der Waals surface area contributed by atoms with Gasteiger partial charge in [-0.1, -0.05) is 66.7 Å². The fraction of sp³-hybridized carbons (Fsp3) is 0.227. The molecule has 0 bridgehead atoms. The van der Waals surface area contributed by atoms with E-state index in [-0.39, 0.29) is 11.2 Å². The lowest BCUT2D eigenvalue weighted by molar-refractivity contribution is -0.120. The van der Waals surface area contributed by atoms with Crippen LogP contribution in [0.3, 0.4) is 0 Å². The van der Waals surface area contributed by atoms with E-state index < -0.39 is 0 Å². The average Bonchev–Trinajstić information content (AvgIpc) is 2.70. The Labute approximate surface area is 158 Å². The lowest BCUT2D eigenvalue weighted by Gasteiger charge is -2.13. The zero-order valence-corrected chi connectivity index (χ0v) is 15.7. The fourth-order valence-corrected chi connectivity index (χ4v) is 3.54. The molecule has 0 radical (unpaired) electrons. The van der Waals surface area contributed by atoms with Gasteiger partial charge in [-0.05, 0) is 23.9 Å². The van der Waals surface area contributed by atoms with Gasteiger partial charge in [0.15, 0.2) is 0 Å². The number of rotatable bonds is 8. The minimum absolute atomic E-state index is 0.0486. The smallest absolute Gasteiger partial charge is 0.232 e. The first-order valence-corrected chi connectivity index (χ1v) is 9.83. The van der Waals surface area contributed by atoms with Crippen molar-refractivity contribution in [2.75, 3.05) is 13.2 Å². The summed E-state index contributed by atoms with van der Waals surface area (Å²) in [6, 6.07) is 24.3. The number of benzene rings is 3. The summed E-state index contributed by atoms with van der Waals surface area (Å²) in [5, 5.41) is 5.11. The van der Waals surface area contributed by atoms with E-state index in [1.54, 1.807) is 11.8 Å². The molecule has 1 amide bonds. The molecule has 0 aliphatic carbocycles.